The Labute approximate surface area is 106 Å². The van der Waals surface area contributed by atoms with Crippen LogP contribution in [0.1, 0.15) is 13.3 Å². The first-order chi connectivity index (χ1) is 8.33. The summed E-state index contributed by atoms with van der Waals surface area (Å²) in [6.07, 6.45) is 5.02. The molecule has 1 unspecified atom stereocenters. The molecular formula is C13H17N3S. The van der Waals surface area contributed by atoms with Crippen LogP contribution in [-0.4, -0.2) is 28.0 Å². The number of anilines is 1. The highest BCUT2D eigenvalue weighted by Crippen LogP contribution is 2.13. The van der Waals surface area contributed by atoms with Crippen molar-refractivity contribution in [2.45, 2.75) is 19.4 Å². The van der Waals surface area contributed by atoms with E-state index in [-0.39, 0.29) is 0 Å². The van der Waals surface area contributed by atoms with Crippen LogP contribution in [0.3, 0.4) is 0 Å². The van der Waals surface area contributed by atoms with Crippen LogP contribution in [0.4, 0.5) is 5.82 Å². The van der Waals surface area contributed by atoms with E-state index < -0.39 is 0 Å². The van der Waals surface area contributed by atoms with Crippen molar-refractivity contribution in [3.63, 3.8) is 0 Å². The minimum atomic E-state index is 0.459. The summed E-state index contributed by atoms with van der Waals surface area (Å²) in [5, 5.41) is 3.43. The predicted octanol–water partition coefficient (Wildman–Crippen LogP) is 3.18. The third-order valence-electron chi connectivity index (χ3n) is 2.66. The molecule has 90 valence electrons. The van der Waals surface area contributed by atoms with Crippen LogP contribution in [0.5, 0.6) is 0 Å². The number of nitrogens with one attached hydrogen (secondary N) is 1. The van der Waals surface area contributed by atoms with Crippen molar-refractivity contribution >= 4 is 28.6 Å². The number of para-hydroxylation sites is 2. The Morgan fingerprint density at radius 2 is 2.06 bits per heavy atom. The lowest BCUT2D eigenvalue weighted by molar-refractivity contribution is 0.770. The van der Waals surface area contributed by atoms with E-state index in [2.05, 4.69) is 28.5 Å². The summed E-state index contributed by atoms with van der Waals surface area (Å²) in [4.78, 5) is 8.96. The molecule has 1 aromatic heterocycles. The minimum Gasteiger partial charge on any atom is -0.365 e. The molecule has 2 rings (SSSR count). The molecule has 3 nitrogen and oxygen atoms in total. The molecule has 0 radical (unpaired) electrons. The molecule has 1 atom stereocenters. The summed E-state index contributed by atoms with van der Waals surface area (Å²) in [6.45, 7) is 2.18. The maximum atomic E-state index is 4.56. The summed E-state index contributed by atoms with van der Waals surface area (Å²) in [6, 6.07) is 8.39. The van der Waals surface area contributed by atoms with Crippen molar-refractivity contribution in [1.29, 1.82) is 0 Å². The van der Waals surface area contributed by atoms with Crippen LogP contribution in [0, 0.1) is 0 Å². The maximum absolute atomic E-state index is 4.56. The summed E-state index contributed by atoms with van der Waals surface area (Å²) < 4.78 is 0. The molecular weight excluding hydrogens is 230 g/mol. The number of aromatic nitrogens is 2. The van der Waals surface area contributed by atoms with Crippen LogP contribution in [0.2, 0.25) is 0 Å². The van der Waals surface area contributed by atoms with Crippen molar-refractivity contribution < 1.29 is 0 Å². The Kier molecular flexibility index (Phi) is 4.20. The molecule has 0 bridgehead atoms. The third kappa shape index (κ3) is 3.09. The highest BCUT2D eigenvalue weighted by atomic mass is 32.2. The Hall–Kier alpha value is -1.29. The SMILES string of the molecule is CCC(CSC)Nc1cnc2ccccc2n1. The lowest BCUT2D eigenvalue weighted by atomic mass is 10.2. The van der Waals surface area contributed by atoms with Gasteiger partial charge in [-0.25, -0.2) is 4.98 Å². The van der Waals surface area contributed by atoms with Crippen LogP contribution in [0.25, 0.3) is 11.0 Å². The molecule has 0 spiro atoms. The Morgan fingerprint density at radius 1 is 1.29 bits per heavy atom. The second-order valence-corrected chi connectivity index (χ2v) is 4.86. The van der Waals surface area contributed by atoms with Crippen LogP contribution < -0.4 is 5.32 Å². The first kappa shape index (κ1) is 12.2. The highest BCUT2D eigenvalue weighted by molar-refractivity contribution is 7.98. The van der Waals surface area contributed by atoms with E-state index in [9.17, 15) is 0 Å². The van der Waals surface area contributed by atoms with Gasteiger partial charge in [-0.3, -0.25) is 4.98 Å². The fraction of sp³-hybridized carbons (Fsp3) is 0.385. The van der Waals surface area contributed by atoms with E-state index in [0.29, 0.717) is 6.04 Å². The fourth-order valence-electron chi connectivity index (χ4n) is 1.70. The average molecular weight is 247 g/mol. The molecule has 1 heterocycles. The standard InChI is InChI=1S/C13H17N3S/c1-3-10(9-17-2)15-13-8-14-11-6-4-5-7-12(11)16-13/h4-8,10H,3,9H2,1-2H3,(H,15,16). The van der Waals surface area contributed by atoms with Gasteiger partial charge in [0.15, 0.2) is 0 Å². The fourth-order valence-corrected chi connectivity index (χ4v) is 2.42. The monoisotopic (exact) mass is 247 g/mol. The molecule has 0 amide bonds. The zero-order valence-corrected chi connectivity index (χ0v) is 11.0. The zero-order chi connectivity index (χ0) is 12.1. The summed E-state index contributed by atoms with van der Waals surface area (Å²) in [5.74, 6) is 1.95. The van der Waals surface area contributed by atoms with Crippen molar-refractivity contribution in [2.75, 3.05) is 17.3 Å². The molecule has 17 heavy (non-hydrogen) atoms. The number of hydrogen-bond acceptors (Lipinski definition) is 4. The van der Waals surface area contributed by atoms with Crippen molar-refractivity contribution in [3.8, 4) is 0 Å². The van der Waals surface area contributed by atoms with E-state index in [0.717, 1.165) is 29.0 Å². The topological polar surface area (TPSA) is 37.8 Å². The maximum Gasteiger partial charge on any atom is 0.145 e. The van der Waals surface area contributed by atoms with Gasteiger partial charge in [0.25, 0.3) is 0 Å². The Morgan fingerprint density at radius 3 is 2.76 bits per heavy atom. The van der Waals surface area contributed by atoms with Gasteiger partial charge < -0.3 is 5.32 Å². The van der Waals surface area contributed by atoms with Gasteiger partial charge in [0.2, 0.25) is 0 Å². The van der Waals surface area contributed by atoms with E-state index in [1.54, 1.807) is 0 Å². The predicted molar refractivity (Wildman–Crippen MR) is 75.6 cm³/mol. The van der Waals surface area contributed by atoms with Crippen LogP contribution >= 0.6 is 11.8 Å². The largest absolute Gasteiger partial charge is 0.365 e. The lowest BCUT2D eigenvalue weighted by Gasteiger charge is -2.16. The van der Waals surface area contributed by atoms with Gasteiger partial charge in [0.1, 0.15) is 5.82 Å². The molecule has 1 aromatic carbocycles. The Bertz CT molecular complexity index is 487. The number of rotatable bonds is 5. The van der Waals surface area contributed by atoms with Crippen molar-refractivity contribution in [1.82, 2.24) is 9.97 Å². The number of benzene rings is 1. The molecule has 1 N–H and O–H groups in total. The van der Waals surface area contributed by atoms with Gasteiger partial charge in [-0.2, -0.15) is 11.8 Å². The third-order valence-corrected chi connectivity index (χ3v) is 3.40. The van der Waals surface area contributed by atoms with E-state index in [4.69, 9.17) is 0 Å². The summed E-state index contributed by atoms with van der Waals surface area (Å²) >= 11 is 1.85. The molecule has 2 aromatic rings. The first-order valence-corrected chi connectivity index (χ1v) is 7.20. The van der Waals surface area contributed by atoms with E-state index in [1.165, 1.54) is 0 Å². The van der Waals surface area contributed by atoms with Crippen LogP contribution in [-0.2, 0) is 0 Å². The smallest absolute Gasteiger partial charge is 0.145 e. The minimum absolute atomic E-state index is 0.459. The van der Waals surface area contributed by atoms with Crippen LogP contribution in [0.15, 0.2) is 30.5 Å². The van der Waals surface area contributed by atoms with Gasteiger partial charge >= 0.3 is 0 Å². The van der Waals surface area contributed by atoms with Gasteiger partial charge in [-0.1, -0.05) is 19.1 Å². The van der Waals surface area contributed by atoms with Crippen molar-refractivity contribution in [3.05, 3.63) is 30.5 Å². The average Bonchev–Trinajstić information content (AvgIpc) is 2.38. The van der Waals surface area contributed by atoms with Crippen molar-refractivity contribution in [2.24, 2.45) is 0 Å². The molecule has 0 aliphatic heterocycles. The number of thioether (sulfide) groups is 1. The second kappa shape index (κ2) is 5.87. The summed E-state index contributed by atoms with van der Waals surface area (Å²) in [7, 11) is 0. The normalized spacial score (nSPS) is 12.6. The molecule has 0 saturated heterocycles. The summed E-state index contributed by atoms with van der Waals surface area (Å²) in [5.41, 5.74) is 1.88. The first-order valence-electron chi connectivity index (χ1n) is 5.80. The van der Waals surface area contributed by atoms with Gasteiger partial charge in [-0.15, -0.1) is 0 Å². The molecule has 0 aliphatic rings. The Balaban J connectivity index is 2.18. The number of nitrogens with zero attached hydrogens (tertiary/aromatic N) is 2. The molecule has 0 saturated carbocycles. The highest BCUT2D eigenvalue weighted by Gasteiger charge is 2.06. The second-order valence-electron chi connectivity index (χ2n) is 3.95. The molecule has 0 fully saturated rings. The van der Waals surface area contributed by atoms with E-state index >= 15 is 0 Å². The quantitative estimate of drug-likeness (QED) is 0.880. The number of fused-ring (bicyclic) bond motifs is 1. The molecule has 0 aliphatic carbocycles. The lowest BCUT2D eigenvalue weighted by Crippen LogP contribution is -2.21. The van der Waals surface area contributed by atoms with Gasteiger partial charge in [-0.05, 0) is 24.8 Å². The van der Waals surface area contributed by atoms with Gasteiger partial charge in [0, 0.05) is 11.8 Å². The van der Waals surface area contributed by atoms with E-state index in [1.807, 2.05) is 42.2 Å². The zero-order valence-electron chi connectivity index (χ0n) is 10.2. The number of hydrogen-bond donors (Lipinski definition) is 1. The van der Waals surface area contributed by atoms with Gasteiger partial charge in [0.05, 0.1) is 17.2 Å². The molecule has 4 heteroatoms.